The maximum absolute atomic E-state index is 12.8. The number of furan rings is 1. The molecule has 9 nitrogen and oxygen atoms in total. The fourth-order valence-corrected chi connectivity index (χ4v) is 3.29. The Morgan fingerprint density at radius 1 is 1.19 bits per heavy atom. The molecule has 0 saturated heterocycles. The largest absolute Gasteiger partial charge is 0.465 e. The van der Waals surface area contributed by atoms with Crippen LogP contribution in [0.3, 0.4) is 0 Å². The van der Waals surface area contributed by atoms with Crippen LogP contribution in [0.1, 0.15) is 37.7 Å². The summed E-state index contributed by atoms with van der Waals surface area (Å²) in [5, 5.41) is 17.3. The van der Waals surface area contributed by atoms with E-state index in [4.69, 9.17) is 4.42 Å². The average molecular weight is 415 g/mol. The van der Waals surface area contributed by atoms with Gasteiger partial charge in [0.2, 0.25) is 5.88 Å². The first-order chi connectivity index (χ1) is 14.9. The molecule has 0 bridgehead atoms. The number of nitrogens with one attached hydrogen (secondary N) is 1. The maximum atomic E-state index is 12.8. The molecule has 3 heterocycles. The van der Waals surface area contributed by atoms with E-state index in [1.165, 1.54) is 20.2 Å². The molecule has 0 radical (unpaired) electrons. The van der Waals surface area contributed by atoms with Crippen LogP contribution >= 0.6 is 0 Å². The topological polar surface area (TPSA) is 123 Å². The van der Waals surface area contributed by atoms with Gasteiger partial charge in [-0.05, 0) is 32.0 Å². The van der Waals surface area contributed by atoms with Crippen LogP contribution in [-0.4, -0.2) is 33.8 Å². The van der Waals surface area contributed by atoms with Crippen molar-refractivity contribution in [3.8, 4) is 11.9 Å². The van der Waals surface area contributed by atoms with Gasteiger partial charge in [-0.15, -0.1) is 0 Å². The van der Waals surface area contributed by atoms with Gasteiger partial charge in [-0.25, -0.2) is 14.5 Å². The third-order valence-electron chi connectivity index (χ3n) is 4.87. The molecule has 0 spiro atoms. The summed E-state index contributed by atoms with van der Waals surface area (Å²) in [6, 6.07) is 13.3. The summed E-state index contributed by atoms with van der Waals surface area (Å²) in [7, 11) is 1.20. The van der Waals surface area contributed by atoms with Crippen LogP contribution in [0.2, 0.25) is 0 Å². The third-order valence-corrected chi connectivity index (χ3v) is 4.87. The number of para-hydroxylation sites is 1. The minimum absolute atomic E-state index is 0.0203. The fourth-order valence-electron chi connectivity index (χ4n) is 3.29. The zero-order chi connectivity index (χ0) is 22.1. The second kappa shape index (κ2) is 7.76. The molecule has 31 heavy (non-hydrogen) atoms. The molecule has 0 atom stereocenters. The lowest BCUT2D eigenvalue weighted by molar-refractivity contribution is 0.0598. The first-order valence-electron chi connectivity index (χ1n) is 9.28. The van der Waals surface area contributed by atoms with E-state index in [1.807, 2.05) is 42.5 Å². The SMILES string of the molecule is COC(=O)c1c(C)oc(NC(=O)c2cnn(-c3ccc4ccccc4n3)c2C)c1C#N. The Morgan fingerprint density at radius 2 is 1.97 bits per heavy atom. The van der Waals surface area contributed by atoms with Crippen molar-refractivity contribution >= 4 is 28.7 Å². The molecule has 9 heteroatoms. The molecule has 0 aliphatic carbocycles. The number of aryl methyl sites for hydroxylation is 1. The molecular formula is C22H17N5O4. The van der Waals surface area contributed by atoms with Crippen LogP contribution < -0.4 is 5.32 Å². The summed E-state index contributed by atoms with van der Waals surface area (Å²) in [6.45, 7) is 3.24. The van der Waals surface area contributed by atoms with Crippen molar-refractivity contribution < 1.29 is 18.7 Å². The Kier molecular flexibility index (Phi) is 4.97. The molecule has 0 aliphatic heterocycles. The Balaban J connectivity index is 1.66. The molecule has 0 unspecified atom stereocenters. The number of nitriles is 1. The van der Waals surface area contributed by atoms with E-state index < -0.39 is 11.9 Å². The lowest BCUT2D eigenvalue weighted by Crippen LogP contribution is -2.14. The highest BCUT2D eigenvalue weighted by Crippen LogP contribution is 2.28. The number of aromatic nitrogens is 3. The van der Waals surface area contributed by atoms with Crippen molar-refractivity contribution in [1.29, 1.82) is 5.26 Å². The van der Waals surface area contributed by atoms with Crippen LogP contribution in [-0.2, 0) is 4.74 Å². The first-order valence-corrected chi connectivity index (χ1v) is 9.28. The summed E-state index contributed by atoms with van der Waals surface area (Å²) in [6.07, 6.45) is 1.41. The summed E-state index contributed by atoms with van der Waals surface area (Å²) in [5.74, 6) is -0.640. The van der Waals surface area contributed by atoms with E-state index >= 15 is 0 Å². The van der Waals surface area contributed by atoms with Gasteiger partial charge >= 0.3 is 5.97 Å². The molecule has 1 N–H and O–H groups in total. The van der Waals surface area contributed by atoms with Gasteiger partial charge in [-0.1, -0.05) is 18.2 Å². The predicted octanol–water partition coefficient (Wildman–Crippen LogP) is 3.54. The van der Waals surface area contributed by atoms with Gasteiger partial charge in [-0.3, -0.25) is 10.1 Å². The summed E-state index contributed by atoms with van der Waals surface area (Å²) < 4.78 is 11.7. The van der Waals surface area contributed by atoms with Gasteiger partial charge in [0, 0.05) is 5.39 Å². The number of ether oxygens (including phenoxy) is 1. The zero-order valence-electron chi connectivity index (χ0n) is 17.0. The quantitative estimate of drug-likeness (QED) is 0.506. The van der Waals surface area contributed by atoms with Crippen LogP contribution in [0, 0.1) is 25.2 Å². The molecule has 4 rings (SSSR count). The van der Waals surface area contributed by atoms with Gasteiger partial charge in [-0.2, -0.15) is 10.4 Å². The van der Waals surface area contributed by atoms with Gasteiger partial charge in [0.25, 0.3) is 5.91 Å². The third kappa shape index (κ3) is 3.40. The molecule has 0 saturated carbocycles. The average Bonchev–Trinajstić information content (AvgIpc) is 3.31. The van der Waals surface area contributed by atoms with Crippen molar-refractivity contribution in [2.75, 3.05) is 12.4 Å². The number of anilines is 1. The van der Waals surface area contributed by atoms with Gasteiger partial charge in [0.1, 0.15) is 23.0 Å². The highest BCUT2D eigenvalue weighted by Gasteiger charge is 2.26. The lowest BCUT2D eigenvalue weighted by atomic mass is 10.1. The Bertz CT molecular complexity index is 1380. The standard InChI is InChI=1S/C22H17N5O4/c1-12-16(11-24-27(12)18-9-8-14-6-4-5-7-17(14)25-18)20(28)26-21-15(10-23)19(13(2)31-21)22(29)30-3/h4-9,11H,1-3H3,(H,26,28). The van der Waals surface area contributed by atoms with E-state index in [0.717, 1.165) is 10.9 Å². The van der Waals surface area contributed by atoms with E-state index in [-0.39, 0.29) is 28.3 Å². The Labute approximate surface area is 176 Å². The summed E-state index contributed by atoms with van der Waals surface area (Å²) in [5.41, 5.74) is 1.51. The smallest absolute Gasteiger partial charge is 0.342 e. The first kappa shape index (κ1) is 19.8. The highest BCUT2D eigenvalue weighted by atomic mass is 16.5. The number of carbonyl (C=O) groups is 2. The van der Waals surface area contributed by atoms with Crippen molar-refractivity contribution in [2.24, 2.45) is 0 Å². The van der Waals surface area contributed by atoms with Gasteiger partial charge in [0.05, 0.1) is 30.1 Å². The number of esters is 1. The molecule has 3 aromatic heterocycles. The number of nitrogens with zero attached hydrogens (tertiary/aromatic N) is 4. The number of methoxy groups -OCH3 is 1. The normalized spacial score (nSPS) is 10.6. The molecule has 154 valence electrons. The summed E-state index contributed by atoms with van der Waals surface area (Å²) >= 11 is 0. The van der Waals surface area contributed by atoms with Crippen molar-refractivity contribution in [2.45, 2.75) is 13.8 Å². The second-order valence-electron chi connectivity index (χ2n) is 6.71. The summed E-state index contributed by atoms with van der Waals surface area (Å²) in [4.78, 5) is 29.4. The molecule has 0 fully saturated rings. The fraction of sp³-hybridized carbons (Fsp3) is 0.136. The Hall–Kier alpha value is -4.45. The second-order valence-corrected chi connectivity index (χ2v) is 6.71. The van der Waals surface area contributed by atoms with Crippen LogP contribution in [0.5, 0.6) is 0 Å². The Morgan fingerprint density at radius 3 is 2.71 bits per heavy atom. The number of pyridine rings is 1. The molecule has 1 amide bonds. The van der Waals surface area contributed by atoms with Gasteiger partial charge in [0.15, 0.2) is 5.82 Å². The highest BCUT2D eigenvalue weighted by molar-refractivity contribution is 6.06. The van der Waals surface area contributed by atoms with Crippen LogP contribution in [0.25, 0.3) is 16.7 Å². The minimum atomic E-state index is -0.718. The maximum Gasteiger partial charge on any atom is 0.342 e. The monoisotopic (exact) mass is 415 g/mol. The number of benzene rings is 1. The van der Waals surface area contributed by atoms with E-state index in [2.05, 4.69) is 20.1 Å². The number of fused-ring (bicyclic) bond motifs is 1. The van der Waals surface area contributed by atoms with Crippen LogP contribution in [0.4, 0.5) is 5.88 Å². The molecule has 0 aliphatic rings. The minimum Gasteiger partial charge on any atom is -0.465 e. The molecular weight excluding hydrogens is 398 g/mol. The van der Waals surface area contributed by atoms with Gasteiger partial charge < -0.3 is 9.15 Å². The number of amides is 1. The van der Waals surface area contributed by atoms with Crippen molar-refractivity contribution in [1.82, 2.24) is 14.8 Å². The molecule has 1 aromatic carbocycles. The van der Waals surface area contributed by atoms with E-state index in [0.29, 0.717) is 11.5 Å². The van der Waals surface area contributed by atoms with Crippen molar-refractivity contribution in [3.05, 3.63) is 70.7 Å². The molecule has 4 aromatic rings. The zero-order valence-corrected chi connectivity index (χ0v) is 17.0. The van der Waals surface area contributed by atoms with Crippen molar-refractivity contribution in [3.63, 3.8) is 0 Å². The van der Waals surface area contributed by atoms with Crippen LogP contribution in [0.15, 0.2) is 47.0 Å². The number of hydrogen-bond acceptors (Lipinski definition) is 7. The predicted molar refractivity (Wildman–Crippen MR) is 111 cm³/mol. The van der Waals surface area contributed by atoms with E-state index in [1.54, 1.807) is 11.6 Å². The number of rotatable bonds is 4. The number of carbonyl (C=O) groups excluding carboxylic acids is 2. The van der Waals surface area contributed by atoms with E-state index in [9.17, 15) is 14.9 Å². The number of hydrogen-bond donors (Lipinski definition) is 1. The lowest BCUT2D eigenvalue weighted by Gasteiger charge is -2.06.